The normalized spacial score (nSPS) is 11.3. The molecule has 1 N–H and O–H groups in total. The number of halogens is 2. The first-order chi connectivity index (χ1) is 8.98. The van der Waals surface area contributed by atoms with Crippen molar-refractivity contribution in [2.75, 3.05) is 4.72 Å². The average Bonchev–Trinajstić information content (AvgIpc) is 2.35. The van der Waals surface area contributed by atoms with Gasteiger partial charge in [0.25, 0.3) is 0 Å². The molecule has 0 amide bonds. The Kier molecular flexibility index (Phi) is 4.01. The zero-order valence-electron chi connectivity index (χ0n) is 9.68. The fraction of sp³-hybridized carbons (Fsp3) is 0.0833. The summed E-state index contributed by atoms with van der Waals surface area (Å²) in [5.41, 5.74) is 0.0852. The highest BCUT2D eigenvalue weighted by Gasteiger charge is 2.16. The molecule has 0 aliphatic carbocycles. The second kappa shape index (κ2) is 5.54. The zero-order valence-corrected chi connectivity index (χ0v) is 11.2. The molecular formula is C12H10ClFN2O2S. The van der Waals surface area contributed by atoms with Crippen LogP contribution in [0.3, 0.4) is 0 Å². The molecule has 1 aromatic heterocycles. The van der Waals surface area contributed by atoms with Crippen LogP contribution in [0.15, 0.2) is 42.6 Å². The summed E-state index contributed by atoms with van der Waals surface area (Å²) < 4.78 is 39.4. The summed E-state index contributed by atoms with van der Waals surface area (Å²) in [7, 11) is -3.77. The van der Waals surface area contributed by atoms with E-state index in [-0.39, 0.29) is 16.4 Å². The molecule has 2 rings (SSSR count). The summed E-state index contributed by atoms with van der Waals surface area (Å²) in [4.78, 5) is 3.81. The Labute approximate surface area is 115 Å². The standard InChI is InChI=1S/C12H10ClFN2O2S/c13-10-5-3-7-15-12(10)16-19(17,18)8-9-4-1-2-6-11(9)14/h1-7H,8H2,(H,15,16). The van der Waals surface area contributed by atoms with Gasteiger partial charge in [-0.15, -0.1) is 0 Å². The smallest absolute Gasteiger partial charge is 0.238 e. The molecule has 0 saturated heterocycles. The molecule has 0 bridgehead atoms. The maximum Gasteiger partial charge on any atom is 0.238 e. The van der Waals surface area contributed by atoms with Gasteiger partial charge in [0.2, 0.25) is 10.0 Å². The van der Waals surface area contributed by atoms with E-state index in [0.717, 1.165) is 0 Å². The van der Waals surface area contributed by atoms with Crippen molar-refractivity contribution in [1.82, 2.24) is 4.98 Å². The number of benzene rings is 1. The first-order valence-electron chi connectivity index (χ1n) is 5.32. The zero-order chi connectivity index (χ0) is 13.9. The number of anilines is 1. The van der Waals surface area contributed by atoms with E-state index in [0.29, 0.717) is 0 Å². The highest BCUT2D eigenvalue weighted by Crippen LogP contribution is 2.20. The van der Waals surface area contributed by atoms with Crippen molar-refractivity contribution in [2.24, 2.45) is 0 Å². The Morgan fingerprint density at radius 2 is 1.95 bits per heavy atom. The number of rotatable bonds is 4. The molecular weight excluding hydrogens is 291 g/mol. The number of nitrogens with zero attached hydrogens (tertiary/aromatic N) is 1. The van der Waals surface area contributed by atoms with Crippen molar-refractivity contribution in [3.8, 4) is 0 Å². The summed E-state index contributed by atoms with van der Waals surface area (Å²) in [6, 6.07) is 8.77. The predicted octanol–water partition coefficient (Wildman–Crippen LogP) is 2.82. The van der Waals surface area contributed by atoms with Gasteiger partial charge in [-0.1, -0.05) is 29.8 Å². The van der Waals surface area contributed by atoms with Gasteiger partial charge in [0.1, 0.15) is 5.82 Å². The minimum atomic E-state index is -3.77. The van der Waals surface area contributed by atoms with Crippen LogP contribution in [0, 0.1) is 5.82 Å². The van der Waals surface area contributed by atoms with Crippen molar-refractivity contribution in [3.05, 3.63) is 59.0 Å². The number of hydrogen-bond donors (Lipinski definition) is 1. The summed E-state index contributed by atoms with van der Waals surface area (Å²) in [6.45, 7) is 0. The Balaban J connectivity index is 2.21. The van der Waals surface area contributed by atoms with Gasteiger partial charge in [0.05, 0.1) is 10.8 Å². The number of nitrogens with one attached hydrogen (secondary N) is 1. The van der Waals surface area contributed by atoms with E-state index in [1.807, 2.05) is 0 Å². The maximum absolute atomic E-state index is 13.4. The molecule has 1 aromatic carbocycles. The highest BCUT2D eigenvalue weighted by atomic mass is 35.5. The molecule has 0 radical (unpaired) electrons. The lowest BCUT2D eigenvalue weighted by molar-refractivity contribution is 0.591. The Hall–Kier alpha value is -1.66. The topological polar surface area (TPSA) is 59.1 Å². The van der Waals surface area contributed by atoms with Crippen LogP contribution in [0.1, 0.15) is 5.56 Å². The van der Waals surface area contributed by atoms with Crippen LogP contribution in [0.5, 0.6) is 0 Å². The van der Waals surface area contributed by atoms with E-state index < -0.39 is 21.6 Å². The van der Waals surface area contributed by atoms with E-state index in [9.17, 15) is 12.8 Å². The van der Waals surface area contributed by atoms with Crippen molar-refractivity contribution >= 4 is 27.4 Å². The predicted molar refractivity (Wildman–Crippen MR) is 71.9 cm³/mol. The van der Waals surface area contributed by atoms with Crippen molar-refractivity contribution in [2.45, 2.75) is 5.75 Å². The van der Waals surface area contributed by atoms with Crippen molar-refractivity contribution < 1.29 is 12.8 Å². The fourth-order valence-corrected chi connectivity index (χ4v) is 2.86. The summed E-state index contributed by atoms with van der Waals surface area (Å²) in [5.74, 6) is -1.02. The Morgan fingerprint density at radius 1 is 1.21 bits per heavy atom. The number of pyridine rings is 1. The van der Waals surface area contributed by atoms with Gasteiger partial charge < -0.3 is 0 Å². The molecule has 0 fully saturated rings. The van der Waals surface area contributed by atoms with E-state index in [2.05, 4.69) is 9.71 Å². The Morgan fingerprint density at radius 3 is 2.63 bits per heavy atom. The SMILES string of the molecule is O=S(=O)(Cc1ccccc1F)Nc1ncccc1Cl. The van der Waals surface area contributed by atoms with Gasteiger partial charge in [0, 0.05) is 11.8 Å². The Bertz CT molecular complexity index is 638. The number of aromatic nitrogens is 1. The lowest BCUT2D eigenvalue weighted by atomic mass is 10.2. The van der Waals surface area contributed by atoms with Gasteiger partial charge in [-0.3, -0.25) is 4.72 Å². The molecule has 7 heteroatoms. The number of sulfonamides is 1. The molecule has 0 spiro atoms. The lowest BCUT2D eigenvalue weighted by Gasteiger charge is -2.08. The summed E-state index contributed by atoms with van der Waals surface area (Å²) >= 11 is 5.80. The second-order valence-electron chi connectivity index (χ2n) is 3.79. The molecule has 0 aliphatic heterocycles. The first-order valence-corrected chi connectivity index (χ1v) is 7.35. The molecule has 19 heavy (non-hydrogen) atoms. The van der Waals surface area contributed by atoms with Crippen LogP contribution in [0.4, 0.5) is 10.2 Å². The lowest BCUT2D eigenvalue weighted by Crippen LogP contribution is -2.16. The average molecular weight is 301 g/mol. The summed E-state index contributed by atoms with van der Waals surface area (Å²) in [6.07, 6.45) is 1.41. The third-order valence-electron chi connectivity index (χ3n) is 2.31. The second-order valence-corrected chi connectivity index (χ2v) is 5.92. The van der Waals surface area contributed by atoms with E-state index in [1.54, 1.807) is 12.1 Å². The van der Waals surface area contributed by atoms with Crippen molar-refractivity contribution in [1.29, 1.82) is 0 Å². The first kappa shape index (κ1) is 13.8. The van der Waals surface area contributed by atoms with Crippen LogP contribution in [0.25, 0.3) is 0 Å². The molecule has 0 unspecified atom stereocenters. The van der Waals surface area contributed by atoms with Crippen LogP contribution in [0.2, 0.25) is 5.02 Å². The van der Waals surface area contributed by atoms with Gasteiger partial charge >= 0.3 is 0 Å². The van der Waals surface area contributed by atoms with Gasteiger partial charge in [-0.2, -0.15) is 0 Å². The minimum absolute atomic E-state index is 0.0282. The molecule has 0 aliphatic rings. The molecule has 100 valence electrons. The van der Waals surface area contributed by atoms with Crippen LogP contribution < -0.4 is 4.72 Å². The maximum atomic E-state index is 13.4. The van der Waals surface area contributed by atoms with Gasteiger partial charge in [-0.05, 0) is 18.2 Å². The largest absolute Gasteiger partial charge is 0.266 e. The van der Waals surface area contributed by atoms with Crippen LogP contribution in [-0.4, -0.2) is 13.4 Å². The molecule has 0 atom stereocenters. The highest BCUT2D eigenvalue weighted by molar-refractivity contribution is 7.91. The van der Waals surface area contributed by atoms with Gasteiger partial charge in [0.15, 0.2) is 5.82 Å². The van der Waals surface area contributed by atoms with E-state index >= 15 is 0 Å². The molecule has 2 aromatic rings. The van der Waals surface area contributed by atoms with Crippen LogP contribution >= 0.6 is 11.6 Å². The molecule has 4 nitrogen and oxygen atoms in total. The number of hydrogen-bond acceptors (Lipinski definition) is 3. The monoisotopic (exact) mass is 300 g/mol. The fourth-order valence-electron chi connectivity index (χ4n) is 1.46. The summed E-state index contributed by atoms with van der Waals surface area (Å²) in [5, 5.41) is 0.180. The third-order valence-corrected chi connectivity index (χ3v) is 3.81. The van der Waals surface area contributed by atoms with Gasteiger partial charge in [-0.25, -0.2) is 17.8 Å². The minimum Gasteiger partial charge on any atom is -0.266 e. The molecule has 1 heterocycles. The van der Waals surface area contributed by atoms with E-state index in [4.69, 9.17) is 11.6 Å². The quantitative estimate of drug-likeness (QED) is 0.944. The van der Waals surface area contributed by atoms with Crippen molar-refractivity contribution in [3.63, 3.8) is 0 Å². The van der Waals surface area contributed by atoms with E-state index in [1.165, 1.54) is 30.5 Å². The molecule has 0 saturated carbocycles. The van der Waals surface area contributed by atoms with Crippen LogP contribution in [-0.2, 0) is 15.8 Å². The third kappa shape index (κ3) is 3.65.